The van der Waals surface area contributed by atoms with Crippen molar-refractivity contribution in [3.05, 3.63) is 178 Å². The van der Waals surface area contributed by atoms with Crippen LogP contribution < -0.4 is 9.47 Å². The van der Waals surface area contributed by atoms with Gasteiger partial charge < -0.3 is 19.3 Å². The Labute approximate surface area is 344 Å². The molecule has 0 spiro atoms. The molecule has 6 nitrogen and oxygen atoms in total. The van der Waals surface area contributed by atoms with E-state index in [4.69, 9.17) is 19.3 Å². The predicted molar refractivity (Wildman–Crippen MR) is 226 cm³/mol. The molecule has 8 rings (SSSR count). The molecule has 0 saturated heterocycles. The van der Waals surface area contributed by atoms with Gasteiger partial charge in [-0.1, -0.05) is 84.9 Å². The minimum absolute atomic E-state index is 0.0924. The van der Waals surface area contributed by atoms with Crippen molar-refractivity contribution in [1.82, 2.24) is 0 Å². The lowest BCUT2D eigenvalue weighted by Crippen LogP contribution is -2.18. The number of hydrogen-bond acceptors (Lipinski definition) is 5. The molecule has 59 heavy (non-hydrogen) atoms. The van der Waals surface area contributed by atoms with E-state index in [2.05, 4.69) is 42.5 Å². The summed E-state index contributed by atoms with van der Waals surface area (Å²) in [6.45, 7) is 3.20. The van der Waals surface area contributed by atoms with Gasteiger partial charge in [-0.15, -0.1) is 0 Å². The van der Waals surface area contributed by atoms with Crippen LogP contribution in [0.3, 0.4) is 0 Å². The van der Waals surface area contributed by atoms with Crippen LogP contribution in [0.1, 0.15) is 71.9 Å². The van der Waals surface area contributed by atoms with Crippen molar-refractivity contribution >= 4 is 11.9 Å². The summed E-state index contributed by atoms with van der Waals surface area (Å²) < 4.78 is 43.3. The average Bonchev–Trinajstić information content (AvgIpc) is 3.82. The quantitative estimate of drug-likeness (QED) is 0.117. The van der Waals surface area contributed by atoms with E-state index < -0.39 is 5.97 Å². The van der Waals surface area contributed by atoms with Crippen molar-refractivity contribution in [2.75, 3.05) is 13.2 Å². The highest BCUT2D eigenvalue weighted by Crippen LogP contribution is 2.40. The molecule has 2 unspecified atom stereocenters. The number of hydrogen-bond donors (Lipinski definition) is 1. The second-order valence-corrected chi connectivity index (χ2v) is 15.5. The summed E-state index contributed by atoms with van der Waals surface area (Å²) >= 11 is 0. The van der Waals surface area contributed by atoms with E-state index in [1.807, 2.05) is 62.4 Å². The van der Waals surface area contributed by atoms with Gasteiger partial charge in [-0.05, 0) is 168 Å². The van der Waals surface area contributed by atoms with Gasteiger partial charge in [-0.25, -0.2) is 18.4 Å². The molecule has 0 heterocycles. The number of aryl methyl sites for hydroxylation is 2. The number of benzene rings is 6. The maximum atomic E-state index is 13.7. The Morgan fingerprint density at radius 1 is 0.593 bits per heavy atom. The minimum Gasteiger partial charge on any atom is -0.482 e. The first-order chi connectivity index (χ1) is 28.6. The molecule has 2 atom stereocenters. The average molecular weight is 795 g/mol. The maximum absolute atomic E-state index is 13.7. The lowest BCUT2D eigenvalue weighted by molar-refractivity contribution is -0.149. The molecule has 6 aromatic rings. The van der Waals surface area contributed by atoms with E-state index in [9.17, 15) is 18.4 Å². The van der Waals surface area contributed by atoms with Crippen LogP contribution in [0.4, 0.5) is 8.78 Å². The van der Waals surface area contributed by atoms with Crippen LogP contribution in [-0.4, -0.2) is 36.4 Å². The zero-order chi connectivity index (χ0) is 41.3. The minimum atomic E-state index is -0.986. The Kier molecular flexibility index (Phi) is 13.2. The zero-order valence-corrected chi connectivity index (χ0v) is 33.3. The largest absolute Gasteiger partial charge is 0.482 e. The van der Waals surface area contributed by atoms with Crippen molar-refractivity contribution < 1.29 is 37.7 Å². The van der Waals surface area contributed by atoms with Gasteiger partial charge >= 0.3 is 11.9 Å². The molecule has 0 aliphatic heterocycles. The second-order valence-electron chi connectivity index (χ2n) is 15.5. The molecule has 8 heteroatoms. The van der Waals surface area contributed by atoms with Gasteiger partial charge in [0.15, 0.2) is 13.2 Å². The number of fused-ring (bicyclic) bond motifs is 2. The molecule has 1 N–H and O–H groups in total. The summed E-state index contributed by atoms with van der Waals surface area (Å²) in [6, 6.07) is 41.8. The highest BCUT2D eigenvalue weighted by Gasteiger charge is 2.25. The monoisotopic (exact) mass is 794 g/mol. The molecular weight excluding hydrogens is 747 g/mol. The van der Waals surface area contributed by atoms with Crippen molar-refractivity contribution in [2.45, 2.75) is 70.3 Å². The Balaban J connectivity index is 0.000000180. The Hall–Kier alpha value is -6.28. The molecule has 0 amide bonds. The molecule has 0 saturated carbocycles. The molecule has 2 aliphatic rings. The van der Waals surface area contributed by atoms with E-state index in [-0.39, 0.29) is 36.9 Å². The van der Waals surface area contributed by atoms with Crippen LogP contribution in [0.25, 0.3) is 22.3 Å². The Bertz CT molecular complexity index is 2420. The van der Waals surface area contributed by atoms with Gasteiger partial charge in [0.05, 0.1) is 6.10 Å². The van der Waals surface area contributed by atoms with Crippen LogP contribution in [0.2, 0.25) is 0 Å². The number of halogens is 2. The zero-order valence-electron chi connectivity index (χ0n) is 33.3. The van der Waals surface area contributed by atoms with Crippen LogP contribution >= 0.6 is 0 Å². The SMILES string of the molecule is CC(C)OC(=O)COc1cccc(CC2CCc3ccc(-c4cccc(F)c4)cc32)c1.O=C(O)COc1cccc(CC2CCc3ccc(-c4cccc(F)c4)cc32)c1. The molecular formula is C51H48F2O6. The molecule has 0 fully saturated rings. The third-order valence-corrected chi connectivity index (χ3v) is 10.9. The highest BCUT2D eigenvalue weighted by atomic mass is 19.1. The molecule has 0 bridgehead atoms. The van der Waals surface area contributed by atoms with Crippen LogP contribution in [0, 0.1) is 11.6 Å². The van der Waals surface area contributed by atoms with Crippen LogP contribution in [-0.2, 0) is 40.0 Å². The predicted octanol–water partition coefficient (Wildman–Crippen LogP) is 11.3. The number of carboxylic acid groups (broad SMARTS) is 1. The topological polar surface area (TPSA) is 82.1 Å². The number of rotatable bonds is 13. The first kappa shape index (κ1) is 40.9. The van der Waals surface area contributed by atoms with E-state index in [1.165, 1.54) is 39.9 Å². The lowest BCUT2D eigenvalue weighted by atomic mass is 9.91. The van der Waals surface area contributed by atoms with E-state index in [0.717, 1.165) is 66.3 Å². The number of carboxylic acids is 1. The fourth-order valence-corrected chi connectivity index (χ4v) is 8.17. The normalized spacial score (nSPS) is 15.1. The summed E-state index contributed by atoms with van der Waals surface area (Å²) in [5.74, 6) is 0.242. The van der Waals surface area contributed by atoms with Crippen LogP contribution in [0.5, 0.6) is 11.5 Å². The number of ether oxygens (including phenoxy) is 3. The highest BCUT2D eigenvalue weighted by molar-refractivity contribution is 5.71. The van der Waals surface area contributed by atoms with E-state index >= 15 is 0 Å². The van der Waals surface area contributed by atoms with Crippen molar-refractivity contribution in [3.63, 3.8) is 0 Å². The fraction of sp³-hybridized carbons (Fsp3) is 0.255. The van der Waals surface area contributed by atoms with E-state index in [1.54, 1.807) is 30.3 Å². The number of carbonyl (C=O) groups is 2. The number of aliphatic carboxylic acids is 1. The first-order valence-electron chi connectivity index (χ1n) is 20.2. The summed E-state index contributed by atoms with van der Waals surface area (Å²) in [5.41, 5.74) is 11.5. The van der Waals surface area contributed by atoms with Gasteiger partial charge in [0.25, 0.3) is 0 Å². The maximum Gasteiger partial charge on any atom is 0.344 e. The first-order valence-corrected chi connectivity index (χ1v) is 20.2. The van der Waals surface area contributed by atoms with Crippen molar-refractivity contribution in [2.24, 2.45) is 0 Å². The number of esters is 1. The van der Waals surface area contributed by atoms with Gasteiger partial charge in [-0.2, -0.15) is 0 Å². The van der Waals surface area contributed by atoms with Crippen molar-refractivity contribution in [3.8, 4) is 33.8 Å². The summed E-state index contributed by atoms with van der Waals surface area (Å²) in [4.78, 5) is 22.4. The Morgan fingerprint density at radius 3 is 1.51 bits per heavy atom. The molecule has 0 radical (unpaired) electrons. The smallest absolute Gasteiger partial charge is 0.344 e. The summed E-state index contributed by atoms with van der Waals surface area (Å²) in [6.07, 6.45) is 5.87. The van der Waals surface area contributed by atoms with Crippen molar-refractivity contribution in [1.29, 1.82) is 0 Å². The fourth-order valence-electron chi connectivity index (χ4n) is 8.17. The lowest BCUT2D eigenvalue weighted by Gasteiger charge is -2.15. The van der Waals surface area contributed by atoms with Crippen LogP contribution in [0.15, 0.2) is 133 Å². The van der Waals surface area contributed by atoms with E-state index in [0.29, 0.717) is 23.3 Å². The van der Waals surface area contributed by atoms with Gasteiger partial charge in [0.2, 0.25) is 0 Å². The summed E-state index contributed by atoms with van der Waals surface area (Å²) in [5, 5.41) is 8.77. The third kappa shape index (κ3) is 11.0. The molecule has 6 aromatic carbocycles. The second kappa shape index (κ2) is 19.0. The third-order valence-electron chi connectivity index (χ3n) is 10.9. The van der Waals surface area contributed by atoms with Gasteiger partial charge in [0, 0.05) is 0 Å². The number of carbonyl (C=O) groups excluding carboxylic acids is 1. The summed E-state index contributed by atoms with van der Waals surface area (Å²) in [7, 11) is 0. The van der Waals surface area contributed by atoms with Gasteiger partial charge in [-0.3, -0.25) is 0 Å². The standard InChI is InChI=1S/C27H27FO3.C24H21FO3/c1-18(2)31-27(29)17-30-25-8-3-5-19(14-25)13-23-12-10-20-9-11-22(16-26(20)23)21-6-4-7-24(28)15-21;25-21-5-2-4-18(13-21)19-9-7-17-8-10-20(23(17)14-19)11-16-3-1-6-22(12-16)28-15-24(26)27/h3-9,11,14-16,18,23H,10,12-13,17H2,1-2H3;1-7,9,12-14,20H,8,10-11,15H2,(H,26,27). The molecule has 0 aromatic heterocycles. The molecule has 2 aliphatic carbocycles. The molecule has 302 valence electrons. The Morgan fingerprint density at radius 2 is 1.05 bits per heavy atom. The van der Waals surface area contributed by atoms with Gasteiger partial charge in [0.1, 0.15) is 23.1 Å².